The molecule has 14 heteroatoms. The normalized spacial score (nSPS) is 15.7. The van der Waals surface area contributed by atoms with Crippen LogP contribution in [0.5, 0.6) is 0 Å². The molecule has 1 unspecified atom stereocenters. The van der Waals surface area contributed by atoms with Crippen molar-refractivity contribution in [2.45, 2.75) is 45.4 Å². The lowest BCUT2D eigenvalue weighted by molar-refractivity contribution is 0.0784. The number of fused-ring (bicyclic) bond motifs is 1. The van der Waals surface area contributed by atoms with Crippen molar-refractivity contribution in [3.8, 4) is 22.5 Å². The molecule has 1 saturated heterocycles. The van der Waals surface area contributed by atoms with Gasteiger partial charge in [0.25, 0.3) is 0 Å². The topological polar surface area (TPSA) is 113 Å². The summed E-state index contributed by atoms with van der Waals surface area (Å²) in [7, 11) is -1.18. The molecule has 1 fully saturated rings. The highest BCUT2D eigenvalue weighted by molar-refractivity contribution is 7.09. The Bertz CT molecular complexity index is 1730. The lowest BCUT2D eigenvalue weighted by atomic mass is 10.1. The molecule has 0 aliphatic carbocycles. The smallest absolute Gasteiger partial charge is 0.416 e. The van der Waals surface area contributed by atoms with Crippen LogP contribution < -0.4 is 4.90 Å². The van der Waals surface area contributed by atoms with E-state index in [4.69, 9.17) is 14.5 Å². The summed E-state index contributed by atoms with van der Waals surface area (Å²) in [6, 6.07) is 7.20. The summed E-state index contributed by atoms with van der Waals surface area (Å²) in [5.74, 6) is 0.202. The molecule has 1 aliphatic heterocycles. The number of cyclic esters (lactones) is 1. The molecule has 41 heavy (non-hydrogen) atoms. The predicted octanol–water partition coefficient (Wildman–Crippen LogP) is 5.57. The van der Waals surface area contributed by atoms with Crippen molar-refractivity contribution in [1.29, 1.82) is 0 Å². The number of hydrogen-bond acceptors (Lipinski definition) is 9. The standard InChI is InChI=1S/C27H29FN8O3SSi/c1-17-31-22(14-40-17)23-13-39-27(37)36(23)24-7-8-35-26(32-24)20(12-30-35)18-5-6-19(21(28)11-18)25-29-15-34(33-25)16-38-9-10-41(2,3)4/h5-8,11-12,14-15,23H,9-10,13,16H2,1-4H3. The van der Waals surface area contributed by atoms with E-state index in [1.165, 1.54) is 28.6 Å². The van der Waals surface area contributed by atoms with Crippen LogP contribution in [0.4, 0.5) is 15.0 Å². The number of hydrogen-bond donors (Lipinski definition) is 0. The number of ether oxygens (including phenoxy) is 2. The van der Waals surface area contributed by atoms with E-state index >= 15 is 4.39 Å². The molecule has 4 aromatic heterocycles. The molecule has 5 aromatic rings. The van der Waals surface area contributed by atoms with Gasteiger partial charge in [-0.3, -0.25) is 0 Å². The van der Waals surface area contributed by atoms with E-state index in [1.807, 2.05) is 12.3 Å². The van der Waals surface area contributed by atoms with Crippen LogP contribution in [0.25, 0.3) is 28.2 Å². The zero-order valence-corrected chi connectivity index (χ0v) is 24.9. The molecule has 6 rings (SSSR count). The summed E-state index contributed by atoms with van der Waals surface area (Å²) >= 11 is 1.51. The lowest BCUT2D eigenvalue weighted by Gasteiger charge is -2.19. The minimum Gasteiger partial charge on any atom is -0.446 e. The van der Waals surface area contributed by atoms with Gasteiger partial charge < -0.3 is 9.47 Å². The number of carbonyl (C=O) groups excluding carboxylic acids is 1. The molecular weight excluding hydrogens is 564 g/mol. The van der Waals surface area contributed by atoms with Crippen LogP contribution in [0.2, 0.25) is 25.7 Å². The maximum absolute atomic E-state index is 15.4. The third kappa shape index (κ3) is 5.62. The molecular formula is C27H29FN8O3SSi. The van der Waals surface area contributed by atoms with Gasteiger partial charge in [-0.1, -0.05) is 25.7 Å². The van der Waals surface area contributed by atoms with Crippen LogP contribution >= 0.6 is 11.3 Å². The summed E-state index contributed by atoms with van der Waals surface area (Å²) in [6.07, 6.45) is 4.37. The van der Waals surface area contributed by atoms with Crippen LogP contribution in [0.15, 0.2) is 48.4 Å². The Labute approximate surface area is 240 Å². The summed E-state index contributed by atoms with van der Waals surface area (Å²) < 4.78 is 29.6. The molecule has 11 nitrogen and oxygen atoms in total. The van der Waals surface area contributed by atoms with Crippen molar-refractivity contribution in [3.63, 3.8) is 0 Å². The Morgan fingerprint density at radius 2 is 2.05 bits per heavy atom. The van der Waals surface area contributed by atoms with Gasteiger partial charge in [0.15, 0.2) is 11.5 Å². The molecule has 0 N–H and O–H groups in total. The van der Waals surface area contributed by atoms with E-state index in [0.29, 0.717) is 29.2 Å². The van der Waals surface area contributed by atoms with Crippen LogP contribution in [0, 0.1) is 12.7 Å². The SMILES string of the molecule is Cc1nc(C2COC(=O)N2c2ccn3ncc(-c4ccc(-c5ncn(COCC[Si](C)(C)C)n5)c(F)c4)c3n2)cs1. The fourth-order valence-electron chi connectivity index (χ4n) is 4.50. The van der Waals surface area contributed by atoms with E-state index in [2.05, 4.69) is 39.8 Å². The average Bonchev–Trinajstić information content (AvgIpc) is 3.72. The maximum atomic E-state index is 15.4. The first-order valence-corrected chi connectivity index (χ1v) is 17.7. The summed E-state index contributed by atoms with van der Waals surface area (Å²) in [6.45, 7) is 9.90. The Morgan fingerprint density at radius 3 is 2.80 bits per heavy atom. The van der Waals surface area contributed by atoms with Gasteiger partial charge in [-0.25, -0.2) is 38.2 Å². The van der Waals surface area contributed by atoms with E-state index in [9.17, 15) is 4.79 Å². The molecule has 1 aliphatic rings. The van der Waals surface area contributed by atoms with E-state index in [1.54, 1.807) is 39.8 Å². The molecule has 1 atom stereocenters. The highest BCUT2D eigenvalue weighted by Gasteiger charge is 2.38. The monoisotopic (exact) mass is 592 g/mol. The highest BCUT2D eigenvalue weighted by atomic mass is 32.1. The predicted molar refractivity (Wildman–Crippen MR) is 155 cm³/mol. The molecule has 1 amide bonds. The number of rotatable bonds is 9. The lowest BCUT2D eigenvalue weighted by Crippen LogP contribution is -2.28. The average molecular weight is 593 g/mol. The minimum absolute atomic E-state index is 0.183. The quantitative estimate of drug-likeness (QED) is 0.161. The molecule has 5 heterocycles. The van der Waals surface area contributed by atoms with Crippen LogP contribution in [0.1, 0.15) is 16.7 Å². The highest BCUT2D eigenvalue weighted by Crippen LogP contribution is 2.34. The number of halogens is 1. The van der Waals surface area contributed by atoms with Crippen molar-refractivity contribution in [1.82, 2.24) is 34.3 Å². The van der Waals surface area contributed by atoms with Crippen molar-refractivity contribution in [3.05, 3.63) is 64.9 Å². The zero-order valence-electron chi connectivity index (χ0n) is 23.1. The number of amides is 1. The third-order valence-corrected chi connectivity index (χ3v) is 9.23. The first-order valence-electron chi connectivity index (χ1n) is 13.2. The Morgan fingerprint density at radius 1 is 1.20 bits per heavy atom. The number of benzene rings is 1. The van der Waals surface area contributed by atoms with Crippen molar-refractivity contribution in [2.75, 3.05) is 18.1 Å². The van der Waals surface area contributed by atoms with E-state index in [-0.39, 0.29) is 30.8 Å². The fraction of sp³-hybridized carbons (Fsp3) is 0.333. The van der Waals surface area contributed by atoms with Gasteiger partial charge in [-0.05, 0) is 36.7 Å². The minimum atomic E-state index is -1.18. The van der Waals surface area contributed by atoms with Gasteiger partial charge >= 0.3 is 6.09 Å². The first kappa shape index (κ1) is 27.2. The van der Waals surface area contributed by atoms with Crippen LogP contribution in [-0.4, -0.2) is 61.7 Å². The van der Waals surface area contributed by atoms with Crippen molar-refractivity contribution < 1.29 is 18.7 Å². The van der Waals surface area contributed by atoms with Gasteiger partial charge in [-0.15, -0.1) is 16.4 Å². The first-order chi connectivity index (χ1) is 19.7. The van der Waals surface area contributed by atoms with Gasteiger partial charge in [0.1, 0.15) is 37.3 Å². The zero-order chi connectivity index (χ0) is 28.7. The molecule has 1 aromatic carbocycles. The van der Waals surface area contributed by atoms with Gasteiger partial charge in [0, 0.05) is 31.8 Å². The number of aryl methyl sites for hydroxylation is 1. The Hall–Kier alpha value is -4.01. The van der Waals surface area contributed by atoms with Crippen LogP contribution in [-0.2, 0) is 16.2 Å². The number of aromatic nitrogens is 7. The number of anilines is 1. The van der Waals surface area contributed by atoms with Gasteiger partial charge in [0.2, 0.25) is 0 Å². The van der Waals surface area contributed by atoms with E-state index in [0.717, 1.165) is 16.7 Å². The number of thiazole rings is 1. The molecule has 212 valence electrons. The summed E-state index contributed by atoms with van der Waals surface area (Å²) in [5, 5.41) is 11.6. The Kier molecular flexibility index (Phi) is 7.13. The van der Waals surface area contributed by atoms with Crippen molar-refractivity contribution >= 4 is 37.0 Å². The summed E-state index contributed by atoms with van der Waals surface area (Å²) in [4.78, 5) is 27.7. The number of carbonyl (C=O) groups is 1. The second-order valence-electron chi connectivity index (χ2n) is 11.0. The maximum Gasteiger partial charge on any atom is 0.416 e. The Balaban J connectivity index is 1.24. The third-order valence-electron chi connectivity index (χ3n) is 6.73. The van der Waals surface area contributed by atoms with Gasteiger partial charge in [-0.2, -0.15) is 5.10 Å². The molecule has 0 saturated carbocycles. The summed E-state index contributed by atoms with van der Waals surface area (Å²) in [5.41, 5.74) is 2.69. The number of nitrogens with zero attached hydrogens (tertiary/aromatic N) is 8. The molecule has 0 bridgehead atoms. The van der Waals surface area contributed by atoms with Crippen LogP contribution in [0.3, 0.4) is 0 Å². The second-order valence-corrected chi connectivity index (χ2v) is 17.7. The molecule has 0 spiro atoms. The second kappa shape index (κ2) is 10.8. The fourth-order valence-corrected chi connectivity index (χ4v) is 5.92. The van der Waals surface area contributed by atoms with E-state index < -0.39 is 20.0 Å². The van der Waals surface area contributed by atoms with Gasteiger partial charge in [0.05, 0.1) is 22.5 Å². The van der Waals surface area contributed by atoms with Crippen molar-refractivity contribution in [2.24, 2.45) is 0 Å². The molecule has 0 radical (unpaired) electrons. The largest absolute Gasteiger partial charge is 0.446 e.